The Bertz CT molecular complexity index is 454. The van der Waals surface area contributed by atoms with Gasteiger partial charge in [0.1, 0.15) is 0 Å². The van der Waals surface area contributed by atoms with Crippen molar-refractivity contribution in [3.63, 3.8) is 0 Å². The van der Waals surface area contributed by atoms with Gasteiger partial charge < -0.3 is 5.32 Å². The van der Waals surface area contributed by atoms with Gasteiger partial charge in [-0.05, 0) is 26.0 Å². The summed E-state index contributed by atoms with van der Waals surface area (Å²) in [4.78, 5) is 0. The third-order valence-corrected chi connectivity index (χ3v) is 4.58. The van der Waals surface area contributed by atoms with E-state index >= 15 is 0 Å². The predicted octanol–water partition coefficient (Wildman–Crippen LogP) is 1.41. The predicted molar refractivity (Wildman–Crippen MR) is 74.9 cm³/mol. The topological polar surface area (TPSA) is 58.2 Å². The first-order valence-corrected chi connectivity index (χ1v) is 7.75. The molecule has 4 nitrogen and oxygen atoms in total. The lowest BCUT2D eigenvalue weighted by atomic mass is 10.2. The number of nitrogens with one attached hydrogen (secondary N) is 2. The lowest BCUT2D eigenvalue weighted by Crippen LogP contribution is -2.38. The molecular weight excluding hydrogens is 248 g/mol. The number of aryl methyl sites for hydroxylation is 1. The van der Waals surface area contributed by atoms with Crippen molar-refractivity contribution in [1.82, 2.24) is 10.0 Å². The molecule has 0 bridgehead atoms. The smallest absolute Gasteiger partial charge is 0.215 e. The Morgan fingerprint density at radius 2 is 1.83 bits per heavy atom. The SMILES string of the molecule is CCNCC(C)S(=O)(=O)NCc1ccc(C)cc1. The lowest BCUT2D eigenvalue weighted by Gasteiger charge is -2.14. The molecule has 1 aromatic rings. The Labute approximate surface area is 110 Å². The summed E-state index contributed by atoms with van der Waals surface area (Å²) in [5.41, 5.74) is 2.14. The molecule has 18 heavy (non-hydrogen) atoms. The molecule has 102 valence electrons. The van der Waals surface area contributed by atoms with Crippen LogP contribution in [-0.4, -0.2) is 26.8 Å². The summed E-state index contributed by atoms with van der Waals surface area (Å²) in [6.45, 7) is 7.27. The van der Waals surface area contributed by atoms with Crippen molar-refractivity contribution in [2.45, 2.75) is 32.6 Å². The molecule has 0 aliphatic carbocycles. The summed E-state index contributed by atoms with van der Waals surface area (Å²) in [5.74, 6) is 0. The van der Waals surface area contributed by atoms with Crippen LogP contribution in [0.4, 0.5) is 0 Å². The number of rotatable bonds is 7. The van der Waals surface area contributed by atoms with Crippen LogP contribution in [0.25, 0.3) is 0 Å². The largest absolute Gasteiger partial charge is 0.316 e. The summed E-state index contributed by atoms with van der Waals surface area (Å²) in [5, 5.41) is 2.61. The van der Waals surface area contributed by atoms with Crippen LogP contribution in [0.2, 0.25) is 0 Å². The van der Waals surface area contributed by atoms with Crippen molar-refractivity contribution in [2.24, 2.45) is 0 Å². The average molecular weight is 270 g/mol. The second kappa shape index (κ2) is 6.87. The molecule has 1 atom stereocenters. The van der Waals surface area contributed by atoms with Crippen LogP contribution in [0.5, 0.6) is 0 Å². The Hall–Kier alpha value is -0.910. The fraction of sp³-hybridized carbons (Fsp3) is 0.538. The highest BCUT2D eigenvalue weighted by molar-refractivity contribution is 7.90. The molecule has 0 fully saturated rings. The molecule has 0 aliphatic heterocycles. The minimum Gasteiger partial charge on any atom is -0.316 e. The van der Waals surface area contributed by atoms with Gasteiger partial charge in [0.25, 0.3) is 0 Å². The molecule has 1 unspecified atom stereocenters. The standard InChI is InChI=1S/C13H22N2O2S/c1-4-14-9-12(3)18(16,17)15-10-13-7-5-11(2)6-8-13/h5-8,12,14-15H,4,9-10H2,1-3H3. The Kier molecular flexibility index (Phi) is 5.78. The summed E-state index contributed by atoms with van der Waals surface area (Å²) in [7, 11) is -3.25. The number of hydrogen-bond acceptors (Lipinski definition) is 3. The molecule has 5 heteroatoms. The van der Waals surface area contributed by atoms with E-state index in [0.29, 0.717) is 13.1 Å². The zero-order chi connectivity index (χ0) is 13.6. The summed E-state index contributed by atoms with van der Waals surface area (Å²) in [6, 6.07) is 7.83. The fourth-order valence-corrected chi connectivity index (χ4v) is 2.48. The van der Waals surface area contributed by atoms with Gasteiger partial charge in [0.05, 0.1) is 5.25 Å². The molecule has 0 aromatic heterocycles. The zero-order valence-corrected chi connectivity index (χ0v) is 12.0. The van der Waals surface area contributed by atoms with Crippen LogP contribution in [0.3, 0.4) is 0 Å². The first kappa shape index (κ1) is 15.1. The monoisotopic (exact) mass is 270 g/mol. The Morgan fingerprint density at radius 3 is 2.39 bits per heavy atom. The van der Waals surface area contributed by atoms with Crippen molar-refractivity contribution < 1.29 is 8.42 Å². The van der Waals surface area contributed by atoms with Gasteiger partial charge in [0, 0.05) is 13.1 Å². The molecule has 0 spiro atoms. The quantitative estimate of drug-likeness (QED) is 0.787. The first-order chi connectivity index (χ1) is 8.45. The van der Waals surface area contributed by atoms with Gasteiger partial charge in [-0.25, -0.2) is 13.1 Å². The summed E-state index contributed by atoms with van der Waals surface area (Å²) in [6.07, 6.45) is 0. The second-order valence-electron chi connectivity index (χ2n) is 4.47. The van der Waals surface area contributed by atoms with Crippen molar-refractivity contribution >= 4 is 10.0 Å². The maximum Gasteiger partial charge on any atom is 0.215 e. The molecular formula is C13H22N2O2S. The van der Waals surface area contributed by atoms with Gasteiger partial charge in [0.2, 0.25) is 10.0 Å². The number of sulfonamides is 1. The second-order valence-corrected chi connectivity index (χ2v) is 6.65. The van der Waals surface area contributed by atoms with Gasteiger partial charge in [0.15, 0.2) is 0 Å². The van der Waals surface area contributed by atoms with Crippen LogP contribution in [0.1, 0.15) is 25.0 Å². The van der Waals surface area contributed by atoms with E-state index in [2.05, 4.69) is 10.0 Å². The van der Waals surface area contributed by atoms with Gasteiger partial charge in [-0.3, -0.25) is 0 Å². The molecule has 0 amide bonds. The van der Waals surface area contributed by atoms with E-state index in [4.69, 9.17) is 0 Å². The normalized spacial score (nSPS) is 13.5. The molecule has 0 saturated heterocycles. The van der Waals surface area contributed by atoms with E-state index < -0.39 is 15.3 Å². The molecule has 2 N–H and O–H groups in total. The average Bonchev–Trinajstić information content (AvgIpc) is 2.35. The molecule has 0 saturated carbocycles. The minimum absolute atomic E-state index is 0.346. The van der Waals surface area contributed by atoms with Crippen LogP contribution < -0.4 is 10.0 Å². The van der Waals surface area contributed by atoms with Crippen molar-refractivity contribution in [1.29, 1.82) is 0 Å². The first-order valence-electron chi connectivity index (χ1n) is 6.20. The number of benzene rings is 1. The lowest BCUT2D eigenvalue weighted by molar-refractivity contribution is 0.560. The van der Waals surface area contributed by atoms with Crippen LogP contribution in [-0.2, 0) is 16.6 Å². The van der Waals surface area contributed by atoms with E-state index in [1.54, 1.807) is 6.92 Å². The van der Waals surface area contributed by atoms with Crippen molar-refractivity contribution in [2.75, 3.05) is 13.1 Å². The minimum atomic E-state index is -3.25. The van der Waals surface area contributed by atoms with Crippen molar-refractivity contribution in [3.05, 3.63) is 35.4 Å². The summed E-state index contributed by atoms with van der Waals surface area (Å²) < 4.78 is 26.5. The van der Waals surface area contributed by atoms with Crippen LogP contribution >= 0.6 is 0 Å². The van der Waals surface area contributed by atoms with Crippen LogP contribution in [0, 0.1) is 6.92 Å². The third kappa shape index (κ3) is 4.76. The maximum atomic E-state index is 11.9. The highest BCUT2D eigenvalue weighted by Gasteiger charge is 2.19. The van der Waals surface area contributed by atoms with Gasteiger partial charge >= 0.3 is 0 Å². The van der Waals surface area contributed by atoms with E-state index in [1.807, 2.05) is 38.1 Å². The molecule has 1 rings (SSSR count). The van der Waals surface area contributed by atoms with Gasteiger partial charge in [-0.15, -0.1) is 0 Å². The summed E-state index contributed by atoms with van der Waals surface area (Å²) >= 11 is 0. The van der Waals surface area contributed by atoms with E-state index in [0.717, 1.165) is 12.1 Å². The van der Waals surface area contributed by atoms with Gasteiger partial charge in [-0.1, -0.05) is 36.8 Å². The third-order valence-electron chi connectivity index (χ3n) is 2.81. The molecule has 0 aliphatic rings. The number of hydrogen-bond donors (Lipinski definition) is 2. The van der Waals surface area contributed by atoms with E-state index in [9.17, 15) is 8.42 Å². The molecule has 0 radical (unpaired) electrons. The Balaban J connectivity index is 2.53. The van der Waals surface area contributed by atoms with E-state index in [1.165, 1.54) is 5.56 Å². The highest BCUT2D eigenvalue weighted by atomic mass is 32.2. The highest BCUT2D eigenvalue weighted by Crippen LogP contribution is 2.04. The maximum absolute atomic E-state index is 11.9. The van der Waals surface area contributed by atoms with Crippen LogP contribution in [0.15, 0.2) is 24.3 Å². The van der Waals surface area contributed by atoms with Crippen molar-refractivity contribution in [3.8, 4) is 0 Å². The fourth-order valence-electron chi connectivity index (χ4n) is 1.49. The Morgan fingerprint density at radius 1 is 1.22 bits per heavy atom. The zero-order valence-electron chi connectivity index (χ0n) is 11.2. The molecule has 1 aromatic carbocycles. The molecule has 0 heterocycles. The van der Waals surface area contributed by atoms with Gasteiger partial charge in [-0.2, -0.15) is 0 Å². The van der Waals surface area contributed by atoms with E-state index in [-0.39, 0.29) is 0 Å².